The van der Waals surface area contributed by atoms with E-state index in [1.165, 1.54) is 88.1 Å². The molecule has 0 unspecified atom stereocenters. The van der Waals surface area contributed by atoms with E-state index in [1.54, 1.807) is 0 Å². The van der Waals surface area contributed by atoms with Crippen molar-refractivity contribution in [1.82, 2.24) is 15.0 Å². The minimum atomic E-state index is -0.378. The molecule has 0 saturated heterocycles. The Morgan fingerprint density at radius 2 is 0.627 bits per heavy atom. The van der Waals surface area contributed by atoms with Crippen LogP contribution in [-0.2, 0) is 5.41 Å². The molecule has 0 saturated carbocycles. The van der Waals surface area contributed by atoms with Crippen molar-refractivity contribution in [3.05, 3.63) is 259 Å². The van der Waals surface area contributed by atoms with Gasteiger partial charge in [0.25, 0.3) is 0 Å². The summed E-state index contributed by atoms with van der Waals surface area (Å²) in [4.78, 5) is 15.4. The van der Waals surface area contributed by atoms with Crippen LogP contribution in [0.5, 0.6) is 0 Å². The number of fused-ring (bicyclic) bond motifs is 16. The van der Waals surface area contributed by atoms with Gasteiger partial charge >= 0.3 is 0 Å². The molecule has 11 aromatic carbocycles. The van der Waals surface area contributed by atoms with Gasteiger partial charge in [-0.1, -0.05) is 224 Å². The van der Waals surface area contributed by atoms with Crippen LogP contribution in [0.2, 0.25) is 0 Å². The summed E-state index contributed by atoms with van der Waals surface area (Å²) >= 11 is 0. The summed E-state index contributed by atoms with van der Waals surface area (Å²) in [6, 6.07) is 85.9. The van der Waals surface area contributed by atoms with Crippen molar-refractivity contribution < 1.29 is 0 Å². The molecule has 1 aromatic heterocycles. The second-order valence-corrected chi connectivity index (χ2v) is 17.8. The third-order valence-corrected chi connectivity index (χ3v) is 14.3. The first kappa shape index (κ1) is 37.6. The minimum Gasteiger partial charge on any atom is -0.208 e. The van der Waals surface area contributed by atoms with Crippen LogP contribution in [0, 0.1) is 0 Å². The van der Waals surface area contributed by atoms with Gasteiger partial charge in [0.15, 0.2) is 17.5 Å². The van der Waals surface area contributed by atoms with Crippen molar-refractivity contribution in [2.24, 2.45) is 0 Å². The van der Waals surface area contributed by atoms with E-state index < -0.39 is 0 Å². The summed E-state index contributed by atoms with van der Waals surface area (Å²) in [6.07, 6.45) is 0. The minimum absolute atomic E-state index is 0.378. The van der Waals surface area contributed by atoms with Crippen LogP contribution in [-0.4, -0.2) is 15.0 Å². The summed E-state index contributed by atoms with van der Waals surface area (Å²) < 4.78 is 0. The van der Waals surface area contributed by atoms with E-state index in [9.17, 15) is 0 Å². The van der Waals surface area contributed by atoms with Gasteiger partial charge in [0.1, 0.15) is 0 Å². The molecule has 0 amide bonds. The molecule has 3 heteroatoms. The van der Waals surface area contributed by atoms with Crippen LogP contribution in [0.4, 0.5) is 0 Å². The number of aromatic nitrogens is 3. The van der Waals surface area contributed by atoms with E-state index in [-0.39, 0.29) is 5.41 Å². The maximum Gasteiger partial charge on any atom is 0.164 e. The number of benzene rings is 11. The van der Waals surface area contributed by atoms with E-state index in [1.807, 2.05) is 24.3 Å². The number of hydrogen-bond donors (Lipinski definition) is 0. The zero-order valence-electron chi connectivity index (χ0n) is 36.4. The summed E-state index contributed by atoms with van der Waals surface area (Å²) in [6.45, 7) is 0. The SMILES string of the molecule is c1ccc(-c2ccc(-c3nc(-c4ccccc4)nc(-c4ccc5c(c4)c4ccccc4c4cccc(-c6ccc7c(c6)-c6ccccc6C76c7ccccc7-c7ccccc76)c45)n3)cc2)cc1. The lowest BCUT2D eigenvalue weighted by molar-refractivity contribution is 0.794. The third-order valence-electron chi connectivity index (χ3n) is 14.3. The molecular formula is C64H39N3. The Balaban J connectivity index is 0.956. The Bertz CT molecular complexity index is 3920. The zero-order valence-corrected chi connectivity index (χ0v) is 36.4. The van der Waals surface area contributed by atoms with Gasteiger partial charge in [-0.05, 0) is 111 Å². The molecular weight excluding hydrogens is 811 g/mol. The van der Waals surface area contributed by atoms with Crippen LogP contribution >= 0.6 is 0 Å². The molecule has 14 rings (SSSR count). The van der Waals surface area contributed by atoms with Crippen molar-refractivity contribution in [3.63, 3.8) is 0 Å². The zero-order chi connectivity index (χ0) is 44.1. The van der Waals surface area contributed by atoms with Crippen molar-refractivity contribution in [1.29, 1.82) is 0 Å². The molecule has 1 spiro atoms. The summed E-state index contributed by atoms with van der Waals surface area (Å²) in [5.41, 5.74) is 17.8. The molecule has 0 N–H and O–H groups in total. The monoisotopic (exact) mass is 849 g/mol. The summed E-state index contributed by atoms with van der Waals surface area (Å²) in [7, 11) is 0. The third kappa shape index (κ3) is 5.55. The van der Waals surface area contributed by atoms with Gasteiger partial charge in [-0.3, -0.25) is 0 Å². The number of rotatable bonds is 5. The lowest BCUT2D eigenvalue weighted by Crippen LogP contribution is -2.25. The fraction of sp³-hybridized carbons (Fsp3) is 0.0156. The molecule has 0 bridgehead atoms. The van der Waals surface area contributed by atoms with E-state index in [0.29, 0.717) is 17.5 Å². The Morgan fingerprint density at radius 3 is 1.27 bits per heavy atom. The Morgan fingerprint density at radius 1 is 0.224 bits per heavy atom. The van der Waals surface area contributed by atoms with Gasteiger partial charge in [-0.2, -0.15) is 0 Å². The lowest BCUT2D eigenvalue weighted by Gasteiger charge is -2.30. The molecule has 1 heterocycles. The smallest absolute Gasteiger partial charge is 0.164 e. The molecule has 0 aliphatic heterocycles. The summed E-state index contributed by atoms with van der Waals surface area (Å²) in [5.74, 6) is 1.92. The highest BCUT2D eigenvalue weighted by Crippen LogP contribution is 2.63. The predicted molar refractivity (Wildman–Crippen MR) is 276 cm³/mol. The van der Waals surface area contributed by atoms with E-state index in [4.69, 9.17) is 15.0 Å². The van der Waals surface area contributed by atoms with Crippen molar-refractivity contribution >= 4 is 32.3 Å². The molecule has 12 aromatic rings. The van der Waals surface area contributed by atoms with Crippen LogP contribution in [0.15, 0.2) is 237 Å². The van der Waals surface area contributed by atoms with Crippen LogP contribution in [0.1, 0.15) is 22.3 Å². The molecule has 2 aliphatic carbocycles. The normalized spacial score (nSPS) is 12.9. The van der Waals surface area contributed by atoms with Crippen molar-refractivity contribution in [2.45, 2.75) is 5.41 Å². The van der Waals surface area contributed by atoms with Crippen molar-refractivity contribution in [3.8, 4) is 78.7 Å². The molecule has 0 radical (unpaired) electrons. The maximum atomic E-state index is 5.20. The number of hydrogen-bond acceptors (Lipinski definition) is 3. The first-order valence-electron chi connectivity index (χ1n) is 23.0. The highest BCUT2D eigenvalue weighted by atomic mass is 15.0. The van der Waals surface area contributed by atoms with Crippen LogP contribution in [0.3, 0.4) is 0 Å². The Hall–Kier alpha value is -8.79. The molecule has 2 aliphatic rings. The van der Waals surface area contributed by atoms with Crippen molar-refractivity contribution in [2.75, 3.05) is 0 Å². The van der Waals surface area contributed by atoms with Gasteiger partial charge in [0.2, 0.25) is 0 Å². The van der Waals surface area contributed by atoms with Gasteiger partial charge in [-0.25, -0.2) is 15.0 Å². The molecule has 0 fully saturated rings. The van der Waals surface area contributed by atoms with E-state index in [0.717, 1.165) is 27.6 Å². The first-order valence-corrected chi connectivity index (χ1v) is 23.0. The lowest BCUT2D eigenvalue weighted by atomic mass is 9.70. The highest BCUT2D eigenvalue weighted by Gasteiger charge is 2.51. The molecule has 67 heavy (non-hydrogen) atoms. The van der Waals surface area contributed by atoms with Gasteiger partial charge < -0.3 is 0 Å². The van der Waals surface area contributed by atoms with E-state index in [2.05, 4.69) is 212 Å². The van der Waals surface area contributed by atoms with Gasteiger partial charge in [-0.15, -0.1) is 0 Å². The first-order chi connectivity index (χ1) is 33.2. The highest BCUT2D eigenvalue weighted by molar-refractivity contribution is 6.29. The Kier molecular flexibility index (Phi) is 8.20. The molecule has 3 nitrogen and oxygen atoms in total. The van der Waals surface area contributed by atoms with Crippen LogP contribution < -0.4 is 0 Å². The van der Waals surface area contributed by atoms with Gasteiger partial charge in [0.05, 0.1) is 5.41 Å². The standard InChI is InChI=1S/C64H39N3/c1-3-16-40(17-4-1)41-30-32-43(33-31-41)62-65-61(42-18-5-2-6-19-42)66-63(67-62)45-34-36-53-54(39-45)48-21-8-7-20-47(48)52-26-15-25-46(60(52)53)44-35-37-59-55(38-44)51-24-11-14-29-58(51)64(59)56-27-12-9-22-49(56)50-23-10-13-28-57(50)64/h1-39H. The second-order valence-electron chi connectivity index (χ2n) is 17.8. The molecule has 310 valence electrons. The predicted octanol–water partition coefficient (Wildman–Crippen LogP) is 16.0. The summed E-state index contributed by atoms with van der Waals surface area (Å²) in [5, 5.41) is 7.23. The van der Waals surface area contributed by atoms with Gasteiger partial charge in [0, 0.05) is 16.7 Å². The second kappa shape index (κ2) is 14.6. The Labute approximate surface area is 388 Å². The average Bonchev–Trinajstić information content (AvgIpc) is 3.88. The maximum absolute atomic E-state index is 5.20. The fourth-order valence-electron chi connectivity index (χ4n) is 11.4. The van der Waals surface area contributed by atoms with E-state index >= 15 is 0 Å². The average molecular weight is 850 g/mol. The quantitative estimate of drug-likeness (QED) is 0.162. The number of nitrogens with zero attached hydrogens (tertiary/aromatic N) is 3. The topological polar surface area (TPSA) is 38.7 Å². The largest absolute Gasteiger partial charge is 0.208 e. The van der Waals surface area contributed by atoms with Crippen LogP contribution in [0.25, 0.3) is 111 Å². The fourth-order valence-corrected chi connectivity index (χ4v) is 11.4. The molecule has 0 atom stereocenters.